The Hall–Kier alpha value is -1.06. The first kappa shape index (κ1) is 10.0. The third kappa shape index (κ3) is 2.72. The average molecular weight is 181 g/mol. The van der Waals surface area contributed by atoms with Gasteiger partial charge in [-0.15, -0.1) is 0 Å². The van der Waals surface area contributed by atoms with Crippen LogP contribution in [0.3, 0.4) is 0 Å². The summed E-state index contributed by atoms with van der Waals surface area (Å²) in [5.74, 6) is 0.250. The van der Waals surface area contributed by atoms with E-state index in [9.17, 15) is 5.11 Å². The highest BCUT2D eigenvalue weighted by atomic mass is 16.3. The second-order valence-corrected chi connectivity index (χ2v) is 3.36. The maximum atomic E-state index is 9.53. The van der Waals surface area contributed by atoms with Crippen molar-refractivity contribution < 1.29 is 10.2 Å². The molecule has 0 atom stereocenters. The lowest BCUT2D eigenvalue weighted by atomic mass is 10.1. The lowest BCUT2D eigenvalue weighted by Crippen LogP contribution is -2.10. The first-order valence-electron chi connectivity index (χ1n) is 4.20. The van der Waals surface area contributed by atoms with Crippen LogP contribution in [-0.2, 0) is 13.2 Å². The molecule has 3 heteroatoms. The standard InChI is InChI=1S/C10H15NO2/c1-11(2)6-9-4-3-8(7-12)5-10(9)13/h3-5,12-13H,6-7H2,1-2H3. The van der Waals surface area contributed by atoms with Gasteiger partial charge in [-0.3, -0.25) is 0 Å². The molecule has 1 aromatic rings. The first-order valence-corrected chi connectivity index (χ1v) is 4.20. The maximum absolute atomic E-state index is 9.53. The molecule has 3 nitrogen and oxygen atoms in total. The second-order valence-electron chi connectivity index (χ2n) is 3.36. The molecule has 0 fully saturated rings. The SMILES string of the molecule is CN(C)Cc1ccc(CO)cc1O. The van der Waals surface area contributed by atoms with Crippen LogP contribution in [0.4, 0.5) is 0 Å². The molecule has 0 radical (unpaired) electrons. The smallest absolute Gasteiger partial charge is 0.120 e. The summed E-state index contributed by atoms with van der Waals surface area (Å²) in [5, 5.41) is 18.3. The highest BCUT2D eigenvalue weighted by Gasteiger charge is 2.02. The molecule has 0 heterocycles. The summed E-state index contributed by atoms with van der Waals surface area (Å²) in [7, 11) is 3.89. The van der Waals surface area contributed by atoms with E-state index in [-0.39, 0.29) is 12.4 Å². The molecule has 0 saturated heterocycles. The van der Waals surface area contributed by atoms with Crippen molar-refractivity contribution in [3.63, 3.8) is 0 Å². The molecule has 0 aliphatic heterocycles. The van der Waals surface area contributed by atoms with Crippen LogP contribution in [-0.4, -0.2) is 29.2 Å². The Bertz CT molecular complexity index is 284. The predicted molar refractivity (Wildman–Crippen MR) is 51.4 cm³/mol. The number of hydrogen-bond acceptors (Lipinski definition) is 3. The number of phenolic OH excluding ortho intramolecular Hbond substituents is 1. The van der Waals surface area contributed by atoms with Crippen molar-refractivity contribution in [2.75, 3.05) is 14.1 Å². The van der Waals surface area contributed by atoms with Crippen molar-refractivity contribution in [2.24, 2.45) is 0 Å². The summed E-state index contributed by atoms with van der Waals surface area (Å²) in [4.78, 5) is 1.98. The molecule has 13 heavy (non-hydrogen) atoms. The molecular formula is C10H15NO2. The molecule has 1 rings (SSSR count). The number of benzene rings is 1. The van der Waals surface area contributed by atoms with Crippen LogP contribution >= 0.6 is 0 Å². The zero-order valence-corrected chi connectivity index (χ0v) is 7.99. The van der Waals surface area contributed by atoms with Crippen molar-refractivity contribution in [1.82, 2.24) is 4.90 Å². The Kier molecular flexibility index (Phi) is 3.28. The summed E-state index contributed by atoms with van der Waals surface area (Å²) < 4.78 is 0. The van der Waals surface area contributed by atoms with Crippen molar-refractivity contribution in [2.45, 2.75) is 13.2 Å². The Balaban J connectivity index is 2.85. The largest absolute Gasteiger partial charge is 0.508 e. The van der Waals surface area contributed by atoms with Gasteiger partial charge in [0.15, 0.2) is 0 Å². The van der Waals surface area contributed by atoms with E-state index in [4.69, 9.17) is 5.11 Å². The van der Waals surface area contributed by atoms with E-state index in [1.165, 1.54) is 0 Å². The molecule has 0 aromatic heterocycles. The normalized spacial score (nSPS) is 10.8. The van der Waals surface area contributed by atoms with E-state index in [1.54, 1.807) is 6.07 Å². The van der Waals surface area contributed by atoms with Gasteiger partial charge >= 0.3 is 0 Å². The highest BCUT2D eigenvalue weighted by Crippen LogP contribution is 2.19. The topological polar surface area (TPSA) is 43.7 Å². The van der Waals surface area contributed by atoms with E-state index in [0.29, 0.717) is 6.54 Å². The maximum Gasteiger partial charge on any atom is 0.120 e. The Morgan fingerprint density at radius 1 is 1.31 bits per heavy atom. The van der Waals surface area contributed by atoms with Crippen LogP contribution in [0.2, 0.25) is 0 Å². The van der Waals surface area contributed by atoms with Gasteiger partial charge in [0, 0.05) is 12.1 Å². The number of aromatic hydroxyl groups is 1. The summed E-state index contributed by atoms with van der Waals surface area (Å²) in [6.07, 6.45) is 0. The Morgan fingerprint density at radius 2 is 2.00 bits per heavy atom. The van der Waals surface area contributed by atoms with Gasteiger partial charge in [0.1, 0.15) is 5.75 Å². The number of nitrogens with zero attached hydrogens (tertiary/aromatic N) is 1. The highest BCUT2D eigenvalue weighted by molar-refractivity contribution is 5.36. The fourth-order valence-electron chi connectivity index (χ4n) is 1.18. The van der Waals surface area contributed by atoms with Gasteiger partial charge in [-0.05, 0) is 25.7 Å². The van der Waals surface area contributed by atoms with Crippen LogP contribution in [0.15, 0.2) is 18.2 Å². The van der Waals surface area contributed by atoms with Gasteiger partial charge < -0.3 is 15.1 Å². The second kappa shape index (κ2) is 4.25. The molecule has 0 amide bonds. The van der Waals surface area contributed by atoms with Crippen molar-refractivity contribution in [3.8, 4) is 5.75 Å². The zero-order chi connectivity index (χ0) is 9.84. The summed E-state index contributed by atoms with van der Waals surface area (Å²) in [5.41, 5.74) is 1.61. The lowest BCUT2D eigenvalue weighted by molar-refractivity contribution is 0.281. The minimum absolute atomic E-state index is 0.0319. The third-order valence-corrected chi connectivity index (χ3v) is 1.82. The van der Waals surface area contributed by atoms with Crippen LogP contribution in [0.5, 0.6) is 5.75 Å². The predicted octanol–water partition coefficient (Wildman–Crippen LogP) is 0.946. The molecule has 72 valence electrons. The molecule has 0 spiro atoms. The fourth-order valence-corrected chi connectivity index (χ4v) is 1.18. The average Bonchev–Trinajstić information content (AvgIpc) is 2.08. The monoisotopic (exact) mass is 181 g/mol. The van der Waals surface area contributed by atoms with E-state index in [1.807, 2.05) is 31.1 Å². The molecule has 2 N–H and O–H groups in total. The number of aliphatic hydroxyl groups is 1. The van der Waals surface area contributed by atoms with Crippen molar-refractivity contribution in [1.29, 1.82) is 0 Å². The fraction of sp³-hybridized carbons (Fsp3) is 0.400. The molecule has 0 aliphatic carbocycles. The molecular weight excluding hydrogens is 166 g/mol. The van der Waals surface area contributed by atoms with Gasteiger partial charge in [0.25, 0.3) is 0 Å². The quantitative estimate of drug-likeness (QED) is 0.729. The van der Waals surface area contributed by atoms with Crippen molar-refractivity contribution >= 4 is 0 Å². The third-order valence-electron chi connectivity index (χ3n) is 1.82. The van der Waals surface area contributed by atoms with Crippen LogP contribution in [0.25, 0.3) is 0 Å². The molecule has 0 bridgehead atoms. The van der Waals surface area contributed by atoms with Gasteiger partial charge in [0.05, 0.1) is 6.61 Å². The lowest BCUT2D eigenvalue weighted by Gasteiger charge is -2.11. The van der Waals surface area contributed by atoms with Gasteiger partial charge in [0.2, 0.25) is 0 Å². The van der Waals surface area contributed by atoms with E-state index in [2.05, 4.69) is 0 Å². The van der Waals surface area contributed by atoms with Crippen molar-refractivity contribution in [3.05, 3.63) is 29.3 Å². The van der Waals surface area contributed by atoms with E-state index >= 15 is 0 Å². The van der Waals surface area contributed by atoms with Gasteiger partial charge in [-0.2, -0.15) is 0 Å². The minimum Gasteiger partial charge on any atom is -0.508 e. The Labute approximate surface area is 78.2 Å². The number of hydrogen-bond donors (Lipinski definition) is 2. The summed E-state index contributed by atoms with van der Waals surface area (Å²) in [6, 6.07) is 5.25. The van der Waals surface area contributed by atoms with Gasteiger partial charge in [-0.1, -0.05) is 12.1 Å². The molecule has 0 aliphatic rings. The van der Waals surface area contributed by atoms with Crippen LogP contribution in [0, 0.1) is 0 Å². The van der Waals surface area contributed by atoms with Gasteiger partial charge in [-0.25, -0.2) is 0 Å². The van der Waals surface area contributed by atoms with E-state index in [0.717, 1.165) is 11.1 Å². The van der Waals surface area contributed by atoms with Crippen LogP contribution < -0.4 is 0 Å². The van der Waals surface area contributed by atoms with Crippen LogP contribution in [0.1, 0.15) is 11.1 Å². The Morgan fingerprint density at radius 3 is 2.46 bits per heavy atom. The molecule has 0 unspecified atom stereocenters. The van der Waals surface area contributed by atoms with E-state index < -0.39 is 0 Å². The number of phenols is 1. The number of rotatable bonds is 3. The number of aliphatic hydroxyl groups excluding tert-OH is 1. The zero-order valence-electron chi connectivity index (χ0n) is 7.99. The summed E-state index contributed by atoms with van der Waals surface area (Å²) >= 11 is 0. The molecule has 0 saturated carbocycles. The minimum atomic E-state index is -0.0319. The molecule has 1 aromatic carbocycles. The first-order chi connectivity index (χ1) is 6.13. The summed E-state index contributed by atoms with van der Waals surface area (Å²) in [6.45, 7) is 0.674.